The van der Waals surface area contributed by atoms with Crippen molar-refractivity contribution in [2.75, 3.05) is 6.61 Å². The van der Waals surface area contributed by atoms with Crippen LogP contribution in [-0.2, 0) is 9.53 Å². The Morgan fingerprint density at radius 1 is 1.24 bits per heavy atom. The Kier molecular flexibility index (Phi) is 4.89. The van der Waals surface area contributed by atoms with Gasteiger partial charge < -0.3 is 18.6 Å². The van der Waals surface area contributed by atoms with E-state index in [2.05, 4.69) is 36.6 Å². The van der Waals surface area contributed by atoms with E-state index in [1.807, 2.05) is 0 Å². The number of ether oxygens (including phenoxy) is 3. The normalized spacial score (nSPS) is 10.5. The highest BCUT2D eigenvalue weighted by molar-refractivity contribution is 9.11. The maximum absolute atomic E-state index is 11.3. The molecule has 0 fully saturated rings. The van der Waals surface area contributed by atoms with E-state index in [1.54, 1.807) is 13.0 Å². The number of hydrogen-bond donors (Lipinski definition) is 0. The minimum Gasteiger partial charge on any atom is -0.434 e. The van der Waals surface area contributed by atoms with Crippen LogP contribution in [0.2, 0.25) is 0 Å². The molecule has 0 saturated heterocycles. The van der Waals surface area contributed by atoms with E-state index in [0.29, 0.717) is 25.7 Å². The van der Waals surface area contributed by atoms with E-state index in [9.17, 15) is 9.59 Å². The van der Waals surface area contributed by atoms with Crippen LogP contribution in [0.25, 0.3) is 11.0 Å². The molecule has 21 heavy (non-hydrogen) atoms. The van der Waals surface area contributed by atoms with Crippen molar-refractivity contribution in [1.29, 1.82) is 0 Å². The van der Waals surface area contributed by atoms with E-state index in [0.717, 1.165) is 0 Å². The Bertz CT molecular complexity index is 706. The number of hydrogen-bond acceptors (Lipinski definition) is 6. The van der Waals surface area contributed by atoms with E-state index >= 15 is 0 Å². The molecule has 1 aromatic heterocycles. The lowest BCUT2D eigenvalue weighted by Gasteiger charge is -2.06. The van der Waals surface area contributed by atoms with Crippen LogP contribution in [0.5, 0.6) is 11.7 Å². The van der Waals surface area contributed by atoms with Gasteiger partial charge in [0.05, 0.1) is 15.6 Å². The molecule has 2 rings (SSSR count). The van der Waals surface area contributed by atoms with Crippen molar-refractivity contribution in [3.63, 3.8) is 0 Å². The van der Waals surface area contributed by atoms with Crippen molar-refractivity contribution >= 4 is 55.0 Å². The lowest BCUT2D eigenvalue weighted by molar-refractivity contribution is -0.131. The molecule has 0 spiro atoms. The van der Waals surface area contributed by atoms with Gasteiger partial charge in [-0.3, -0.25) is 4.79 Å². The monoisotopic (exact) mass is 420 g/mol. The third-order valence-corrected chi connectivity index (χ3v) is 3.72. The molecule has 0 saturated carbocycles. The second kappa shape index (κ2) is 6.48. The molecule has 112 valence electrons. The average Bonchev–Trinajstić information content (AvgIpc) is 2.77. The van der Waals surface area contributed by atoms with Gasteiger partial charge in [-0.1, -0.05) is 0 Å². The number of rotatable bonds is 3. The van der Waals surface area contributed by atoms with Crippen molar-refractivity contribution in [3.05, 3.63) is 21.1 Å². The van der Waals surface area contributed by atoms with Crippen LogP contribution in [-0.4, -0.2) is 18.7 Å². The molecule has 0 amide bonds. The first kappa shape index (κ1) is 15.8. The predicted octanol–water partition coefficient (Wildman–Crippen LogP) is 4.42. The Morgan fingerprint density at radius 2 is 1.95 bits per heavy atom. The minimum absolute atomic E-state index is 0.0176. The van der Waals surface area contributed by atoms with Crippen LogP contribution < -0.4 is 9.47 Å². The first-order chi connectivity index (χ1) is 9.92. The van der Waals surface area contributed by atoms with Crippen LogP contribution in [0.1, 0.15) is 13.8 Å². The lowest BCUT2D eigenvalue weighted by Crippen LogP contribution is -2.09. The summed E-state index contributed by atoms with van der Waals surface area (Å²) >= 11 is 6.61. The molecule has 0 atom stereocenters. The van der Waals surface area contributed by atoms with Gasteiger partial charge in [0.1, 0.15) is 5.58 Å². The zero-order valence-electron chi connectivity index (χ0n) is 11.1. The Balaban J connectivity index is 2.41. The summed E-state index contributed by atoms with van der Waals surface area (Å²) in [6, 6.07) is 3.10. The maximum Gasteiger partial charge on any atom is 0.516 e. The van der Waals surface area contributed by atoms with Crippen LogP contribution in [0, 0.1) is 0 Å². The lowest BCUT2D eigenvalue weighted by atomic mass is 10.2. The molecular formula is C13H10Br2O6. The van der Waals surface area contributed by atoms with E-state index in [-0.39, 0.29) is 12.6 Å². The molecule has 0 aliphatic carbocycles. The maximum atomic E-state index is 11.3. The van der Waals surface area contributed by atoms with Crippen LogP contribution in [0.4, 0.5) is 4.79 Å². The molecule has 0 N–H and O–H groups in total. The van der Waals surface area contributed by atoms with Crippen LogP contribution >= 0.6 is 31.9 Å². The molecule has 0 aliphatic rings. The van der Waals surface area contributed by atoms with Crippen molar-refractivity contribution < 1.29 is 28.2 Å². The first-order valence-corrected chi connectivity index (χ1v) is 7.45. The number of esters is 1. The Hall–Kier alpha value is -1.54. The van der Waals surface area contributed by atoms with Gasteiger partial charge in [-0.15, -0.1) is 0 Å². The number of furan rings is 1. The second-order valence-electron chi connectivity index (χ2n) is 3.86. The summed E-state index contributed by atoms with van der Waals surface area (Å²) in [4.78, 5) is 22.4. The van der Waals surface area contributed by atoms with Crippen molar-refractivity contribution in [2.45, 2.75) is 13.8 Å². The van der Waals surface area contributed by atoms with Crippen LogP contribution in [0.15, 0.2) is 25.5 Å². The van der Waals surface area contributed by atoms with E-state index < -0.39 is 12.1 Å². The molecule has 0 bridgehead atoms. The number of carbonyl (C=O) groups excluding carboxylic acids is 2. The van der Waals surface area contributed by atoms with Gasteiger partial charge in [-0.2, -0.15) is 0 Å². The number of halogens is 2. The second-order valence-corrected chi connectivity index (χ2v) is 5.50. The van der Waals surface area contributed by atoms with Crippen LogP contribution in [0.3, 0.4) is 0 Å². The highest BCUT2D eigenvalue weighted by Crippen LogP contribution is 2.42. The molecular weight excluding hydrogens is 412 g/mol. The molecule has 0 radical (unpaired) electrons. The van der Waals surface area contributed by atoms with Gasteiger partial charge in [-0.25, -0.2) is 4.79 Å². The van der Waals surface area contributed by atoms with Crippen molar-refractivity contribution in [3.8, 4) is 11.7 Å². The predicted molar refractivity (Wildman–Crippen MR) is 80.6 cm³/mol. The van der Waals surface area contributed by atoms with E-state index in [4.69, 9.17) is 13.9 Å². The van der Waals surface area contributed by atoms with Gasteiger partial charge in [0.25, 0.3) is 5.95 Å². The fourth-order valence-electron chi connectivity index (χ4n) is 1.59. The first-order valence-electron chi connectivity index (χ1n) is 5.87. The van der Waals surface area contributed by atoms with Crippen molar-refractivity contribution in [1.82, 2.24) is 0 Å². The van der Waals surface area contributed by atoms with Crippen molar-refractivity contribution in [2.24, 2.45) is 0 Å². The van der Waals surface area contributed by atoms with Gasteiger partial charge in [0, 0.05) is 18.4 Å². The molecule has 8 heteroatoms. The molecule has 2 aromatic rings. The largest absolute Gasteiger partial charge is 0.516 e. The smallest absolute Gasteiger partial charge is 0.434 e. The summed E-state index contributed by atoms with van der Waals surface area (Å²) in [6.07, 6.45) is -0.855. The number of benzene rings is 1. The average molecular weight is 422 g/mol. The zero-order chi connectivity index (χ0) is 15.6. The van der Waals surface area contributed by atoms with Gasteiger partial charge in [0.15, 0.2) is 5.75 Å². The number of carbonyl (C=O) groups is 2. The fourth-order valence-corrected chi connectivity index (χ4v) is 2.94. The quantitative estimate of drug-likeness (QED) is 0.539. The molecule has 0 unspecified atom stereocenters. The summed E-state index contributed by atoms with van der Waals surface area (Å²) in [5, 5.41) is 0.591. The molecule has 6 nitrogen and oxygen atoms in total. The SMILES string of the molecule is CCOC(=O)Oc1cc2c(Br)c(OC(C)=O)c(Br)cc2o1. The number of fused-ring (bicyclic) bond motifs is 1. The summed E-state index contributed by atoms with van der Waals surface area (Å²) in [6.45, 7) is 3.16. The fraction of sp³-hybridized carbons (Fsp3) is 0.231. The van der Waals surface area contributed by atoms with Gasteiger partial charge in [0.2, 0.25) is 0 Å². The molecule has 1 aromatic carbocycles. The summed E-state index contributed by atoms with van der Waals surface area (Å²) in [5.74, 6) is -0.156. The van der Waals surface area contributed by atoms with E-state index in [1.165, 1.54) is 13.0 Å². The standard InChI is InChI=1S/C13H10Br2O6/c1-3-18-13(17)21-10-4-7-9(20-10)5-8(14)12(11(7)15)19-6(2)16/h4-5H,3H2,1-2H3. The summed E-state index contributed by atoms with van der Waals surface area (Å²) < 4.78 is 21.1. The molecule has 1 heterocycles. The third-order valence-electron chi connectivity index (χ3n) is 2.34. The minimum atomic E-state index is -0.855. The van der Waals surface area contributed by atoms with Gasteiger partial charge in [-0.05, 0) is 44.8 Å². The highest BCUT2D eigenvalue weighted by atomic mass is 79.9. The molecule has 0 aliphatic heterocycles. The summed E-state index contributed by atoms with van der Waals surface area (Å²) in [5.41, 5.74) is 0.448. The highest BCUT2D eigenvalue weighted by Gasteiger charge is 2.18. The summed E-state index contributed by atoms with van der Waals surface area (Å²) in [7, 11) is 0. The Labute approximate surface area is 136 Å². The Morgan fingerprint density at radius 3 is 2.57 bits per heavy atom. The zero-order valence-corrected chi connectivity index (χ0v) is 14.2. The third kappa shape index (κ3) is 3.56. The topological polar surface area (TPSA) is 75.0 Å². The van der Waals surface area contributed by atoms with Gasteiger partial charge >= 0.3 is 12.1 Å².